The monoisotopic (exact) mass is 224 g/mol. The van der Waals surface area contributed by atoms with Crippen LogP contribution < -0.4 is 0 Å². The van der Waals surface area contributed by atoms with E-state index in [9.17, 15) is 0 Å². The molecule has 1 heterocycles. The maximum absolute atomic E-state index is 8.61. The summed E-state index contributed by atoms with van der Waals surface area (Å²) in [5.41, 5.74) is 1.03. The van der Waals surface area contributed by atoms with Crippen LogP contribution in [0.4, 0.5) is 0 Å². The fourth-order valence-electron chi connectivity index (χ4n) is 1.09. The first kappa shape index (κ1) is 12.3. The predicted molar refractivity (Wildman–Crippen MR) is 62.8 cm³/mol. The number of rotatable bonds is 5. The summed E-state index contributed by atoms with van der Waals surface area (Å²) in [5.74, 6) is 5.96. The first-order valence-electron chi connectivity index (χ1n) is 5.12. The molecular weight excluding hydrogens is 208 g/mol. The van der Waals surface area contributed by atoms with Gasteiger partial charge in [0.15, 0.2) is 0 Å². The van der Waals surface area contributed by atoms with Gasteiger partial charge >= 0.3 is 0 Å². The smallest absolute Gasteiger partial charge is 0.0821 e. The number of aliphatic hydroxyl groups is 1. The van der Waals surface area contributed by atoms with Crippen molar-refractivity contribution in [2.45, 2.75) is 26.4 Å². The topological polar surface area (TPSA) is 29.5 Å². The molecule has 3 heteroatoms. The molecule has 1 aromatic rings. The Labute approximate surface area is 94.9 Å². The summed E-state index contributed by atoms with van der Waals surface area (Å²) in [4.78, 5) is 1.17. The van der Waals surface area contributed by atoms with Crippen LogP contribution in [-0.2, 0) is 11.3 Å². The van der Waals surface area contributed by atoms with Crippen LogP contribution in [0.1, 0.15) is 30.2 Å². The van der Waals surface area contributed by atoms with Crippen LogP contribution in [-0.4, -0.2) is 18.3 Å². The van der Waals surface area contributed by atoms with Gasteiger partial charge in [-0.2, -0.15) is 0 Å². The fraction of sp³-hybridized carbons (Fsp3) is 0.500. The molecular formula is C12H16O2S. The van der Waals surface area contributed by atoms with E-state index in [0.29, 0.717) is 13.0 Å². The van der Waals surface area contributed by atoms with E-state index in [-0.39, 0.29) is 6.61 Å². The Morgan fingerprint density at radius 1 is 1.53 bits per heavy atom. The number of ether oxygens (including phenoxy) is 1. The molecule has 0 saturated heterocycles. The summed E-state index contributed by atoms with van der Waals surface area (Å²) >= 11 is 1.67. The van der Waals surface area contributed by atoms with Crippen molar-refractivity contribution in [1.29, 1.82) is 0 Å². The summed E-state index contributed by atoms with van der Waals surface area (Å²) < 4.78 is 5.47. The number of thiophene rings is 1. The van der Waals surface area contributed by atoms with Crippen molar-refractivity contribution in [3.05, 3.63) is 21.9 Å². The SMILES string of the molecule is CCCOCc1sccc1C#CCCO. The van der Waals surface area contributed by atoms with Crippen molar-refractivity contribution >= 4 is 11.3 Å². The molecule has 2 nitrogen and oxygen atoms in total. The second-order valence-corrected chi connectivity index (χ2v) is 4.09. The Kier molecular flexibility index (Phi) is 6.10. The highest BCUT2D eigenvalue weighted by molar-refractivity contribution is 7.10. The average molecular weight is 224 g/mol. The van der Waals surface area contributed by atoms with E-state index in [2.05, 4.69) is 18.8 Å². The van der Waals surface area contributed by atoms with E-state index in [4.69, 9.17) is 9.84 Å². The number of hydrogen-bond acceptors (Lipinski definition) is 3. The normalized spacial score (nSPS) is 9.73. The zero-order chi connectivity index (χ0) is 10.9. The first-order valence-corrected chi connectivity index (χ1v) is 6.00. The van der Waals surface area contributed by atoms with Crippen molar-refractivity contribution in [2.75, 3.05) is 13.2 Å². The maximum atomic E-state index is 8.61. The molecule has 1 N–H and O–H groups in total. The van der Waals surface area contributed by atoms with Crippen LogP contribution >= 0.6 is 11.3 Å². The highest BCUT2D eigenvalue weighted by Gasteiger charge is 2.00. The quantitative estimate of drug-likeness (QED) is 0.615. The summed E-state index contributed by atoms with van der Waals surface area (Å²) in [6, 6.07) is 2.00. The highest BCUT2D eigenvalue weighted by atomic mass is 32.1. The Bertz CT molecular complexity index is 333. The van der Waals surface area contributed by atoms with Crippen LogP contribution in [0.25, 0.3) is 0 Å². The molecule has 1 aromatic heterocycles. The van der Waals surface area contributed by atoms with Crippen LogP contribution in [0.3, 0.4) is 0 Å². The molecule has 0 saturated carbocycles. The van der Waals surface area contributed by atoms with Gasteiger partial charge in [-0.25, -0.2) is 0 Å². The zero-order valence-electron chi connectivity index (χ0n) is 8.95. The standard InChI is InChI=1S/C12H16O2S/c1-2-8-14-10-12-11(6-9-15-12)5-3-4-7-13/h6,9,13H,2,4,7-8,10H2,1H3. The van der Waals surface area contributed by atoms with Crippen molar-refractivity contribution in [1.82, 2.24) is 0 Å². The summed E-state index contributed by atoms with van der Waals surface area (Å²) in [6.45, 7) is 3.66. The van der Waals surface area contributed by atoms with Gasteiger partial charge in [0.25, 0.3) is 0 Å². The largest absolute Gasteiger partial charge is 0.395 e. The van der Waals surface area contributed by atoms with E-state index in [1.807, 2.05) is 11.4 Å². The summed E-state index contributed by atoms with van der Waals surface area (Å²) in [5, 5.41) is 10.6. The van der Waals surface area contributed by atoms with Crippen LogP contribution in [0.5, 0.6) is 0 Å². The third-order valence-corrected chi connectivity index (χ3v) is 2.68. The molecule has 0 spiro atoms. The van der Waals surface area contributed by atoms with Gasteiger partial charge in [0.1, 0.15) is 0 Å². The number of aliphatic hydroxyl groups excluding tert-OH is 1. The molecule has 0 aliphatic rings. The van der Waals surface area contributed by atoms with Crippen molar-refractivity contribution in [2.24, 2.45) is 0 Å². The van der Waals surface area contributed by atoms with Gasteiger partial charge < -0.3 is 9.84 Å². The second-order valence-electron chi connectivity index (χ2n) is 3.09. The minimum atomic E-state index is 0.124. The van der Waals surface area contributed by atoms with Gasteiger partial charge in [-0.3, -0.25) is 0 Å². The average Bonchev–Trinajstić information content (AvgIpc) is 2.67. The van der Waals surface area contributed by atoms with Gasteiger partial charge in [-0.15, -0.1) is 11.3 Å². The molecule has 0 bridgehead atoms. The molecule has 0 unspecified atom stereocenters. The molecule has 82 valence electrons. The molecule has 0 aliphatic carbocycles. The lowest BCUT2D eigenvalue weighted by Gasteiger charge is -2.00. The molecule has 0 aromatic carbocycles. The van der Waals surface area contributed by atoms with Crippen LogP contribution in [0.15, 0.2) is 11.4 Å². The van der Waals surface area contributed by atoms with Gasteiger partial charge in [0.2, 0.25) is 0 Å². The second kappa shape index (κ2) is 7.47. The third kappa shape index (κ3) is 4.48. The number of hydrogen-bond donors (Lipinski definition) is 1. The van der Waals surface area contributed by atoms with E-state index in [0.717, 1.165) is 18.6 Å². The van der Waals surface area contributed by atoms with Crippen molar-refractivity contribution in [3.8, 4) is 11.8 Å². The fourth-order valence-corrected chi connectivity index (χ4v) is 1.85. The van der Waals surface area contributed by atoms with Gasteiger partial charge in [0.05, 0.1) is 13.2 Å². The molecule has 0 atom stereocenters. The van der Waals surface area contributed by atoms with Crippen LogP contribution in [0, 0.1) is 11.8 Å². The molecule has 0 radical (unpaired) electrons. The maximum Gasteiger partial charge on any atom is 0.0821 e. The van der Waals surface area contributed by atoms with Gasteiger partial charge in [0, 0.05) is 23.5 Å². The summed E-state index contributed by atoms with van der Waals surface area (Å²) in [7, 11) is 0. The Morgan fingerprint density at radius 2 is 2.40 bits per heavy atom. The Hall–Kier alpha value is -0.820. The van der Waals surface area contributed by atoms with Gasteiger partial charge in [-0.05, 0) is 17.9 Å². The lowest BCUT2D eigenvalue weighted by molar-refractivity contribution is 0.123. The first-order chi connectivity index (χ1) is 7.38. The molecule has 1 rings (SSSR count). The van der Waals surface area contributed by atoms with E-state index in [1.54, 1.807) is 11.3 Å². The van der Waals surface area contributed by atoms with Crippen molar-refractivity contribution < 1.29 is 9.84 Å². The van der Waals surface area contributed by atoms with Crippen LogP contribution in [0.2, 0.25) is 0 Å². The molecule has 15 heavy (non-hydrogen) atoms. The molecule has 0 aliphatic heterocycles. The molecule has 0 fully saturated rings. The predicted octanol–water partition coefficient (Wildman–Crippen LogP) is 2.41. The highest BCUT2D eigenvalue weighted by Crippen LogP contribution is 2.16. The lowest BCUT2D eigenvalue weighted by Crippen LogP contribution is -1.93. The van der Waals surface area contributed by atoms with E-state index < -0.39 is 0 Å². The van der Waals surface area contributed by atoms with E-state index in [1.165, 1.54) is 4.88 Å². The minimum absolute atomic E-state index is 0.124. The lowest BCUT2D eigenvalue weighted by atomic mass is 10.2. The summed E-state index contributed by atoms with van der Waals surface area (Å²) in [6.07, 6.45) is 1.57. The van der Waals surface area contributed by atoms with Gasteiger partial charge in [-0.1, -0.05) is 18.8 Å². The molecule has 0 amide bonds. The zero-order valence-corrected chi connectivity index (χ0v) is 9.77. The van der Waals surface area contributed by atoms with Crippen molar-refractivity contribution in [3.63, 3.8) is 0 Å². The van der Waals surface area contributed by atoms with E-state index >= 15 is 0 Å². The Morgan fingerprint density at radius 3 is 3.13 bits per heavy atom. The minimum Gasteiger partial charge on any atom is -0.395 e. The third-order valence-electron chi connectivity index (χ3n) is 1.79. The Balaban J connectivity index is 2.50.